The molecule has 19 heavy (non-hydrogen) atoms. The number of aromatic nitrogens is 1. The zero-order valence-corrected chi connectivity index (χ0v) is 13.2. The van der Waals surface area contributed by atoms with Gasteiger partial charge in [-0.3, -0.25) is 4.98 Å². The van der Waals surface area contributed by atoms with Crippen LogP contribution in [0.3, 0.4) is 0 Å². The van der Waals surface area contributed by atoms with Crippen molar-refractivity contribution in [2.45, 2.75) is 37.8 Å². The largest absolute Gasteiger partial charge is 0.393 e. The minimum absolute atomic E-state index is 0. The molecule has 0 aliphatic heterocycles. The summed E-state index contributed by atoms with van der Waals surface area (Å²) < 4.78 is 0. The van der Waals surface area contributed by atoms with Crippen molar-refractivity contribution in [3.8, 4) is 0 Å². The first-order valence-corrected chi connectivity index (χ1v) is 6.44. The molecule has 0 saturated heterocycles. The molecule has 0 aromatic carbocycles. The summed E-state index contributed by atoms with van der Waals surface area (Å²) in [6.45, 7) is 0. The van der Waals surface area contributed by atoms with E-state index in [1.54, 1.807) is 6.20 Å². The smallest absolute Gasteiger partial charge is 0.0586 e. The highest BCUT2D eigenvalue weighted by molar-refractivity contribution is 5.85. The molecule has 0 amide bonds. The van der Waals surface area contributed by atoms with Crippen molar-refractivity contribution in [3.05, 3.63) is 30.1 Å². The highest BCUT2D eigenvalue weighted by Crippen LogP contribution is 2.37. The molecule has 5 heteroatoms. The molecule has 1 aromatic rings. The van der Waals surface area contributed by atoms with Gasteiger partial charge in [-0.05, 0) is 38.6 Å². The number of rotatable bonds is 3. The van der Waals surface area contributed by atoms with Gasteiger partial charge < -0.3 is 10.0 Å². The van der Waals surface area contributed by atoms with Crippen LogP contribution in [0, 0.1) is 5.92 Å². The molecule has 1 fully saturated rings. The molecular weight excluding hydrogens is 283 g/mol. The van der Waals surface area contributed by atoms with Crippen LogP contribution >= 0.6 is 24.8 Å². The summed E-state index contributed by atoms with van der Waals surface area (Å²) in [6, 6.07) is 4.36. The first-order valence-electron chi connectivity index (χ1n) is 6.44. The van der Waals surface area contributed by atoms with Gasteiger partial charge in [0, 0.05) is 24.4 Å². The second kappa shape index (κ2) is 8.75. The number of aliphatic hydroxyl groups is 1. The molecule has 3 nitrogen and oxygen atoms in total. The summed E-state index contributed by atoms with van der Waals surface area (Å²) in [6.07, 6.45) is 7.99. The van der Waals surface area contributed by atoms with E-state index in [1.807, 2.05) is 12.3 Å². The Morgan fingerprint density at radius 2 is 1.95 bits per heavy atom. The zero-order valence-electron chi connectivity index (χ0n) is 11.5. The number of nitrogens with zero attached hydrogens (tertiary/aromatic N) is 2. The van der Waals surface area contributed by atoms with Gasteiger partial charge in [-0.25, -0.2) is 0 Å². The molecule has 1 saturated carbocycles. The maximum Gasteiger partial charge on any atom is 0.0586 e. The van der Waals surface area contributed by atoms with Gasteiger partial charge in [0.05, 0.1) is 6.10 Å². The van der Waals surface area contributed by atoms with Crippen LogP contribution in [0.15, 0.2) is 24.5 Å². The third kappa shape index (κ3) is 4.60. The Labute approximate surface area is 128 Å². The van der Waals surface area contributed by atoms with Crippen molar-refractivity contribution in [2.24, 2.45) is 5.92 Å². The first-order chi connectivity index (χ1) is 8.20. The van der Waals surface area contributed by atoms with Gasteiger partial charge in [0.1, 0.15) is 0 Å². The molecule has 2 rings (SSSR count). The van der Waals surface area contributed by atoms with Crippen LogP contribution in [-0.4, -0.2) is 35.2 Å². The van der Waals surface area contributed by atoms with Gasteiger partial charge in [0.2, 0.25) is 0 Å². The lowest BCUT2D eigenvalue weighted by Crippen LogP contribution is -2.36. The van der Waals surface area contributed by atoms with Crippen molar-refractivity contribution >= 4 is 24.8 Å². The number of hydrogen-bond donors (Lipinski definition) is 1. The standard InChI is InChI=1S/C14H22N2O.2ClH/c1-16(2)14(11-6-5-9-15-10-11)12-7-3-4-8-13(12)17;;/h5-6,9-10,12-14,17H,3-4,7-8H2,1-2H3;2*1H. The van der Waals surface area contributed by atoms with Gasteiger partial charge in [0.15, 0.2) is 0 Å². The van der Waals surface area contributed by atoms with Crippen molar-refractivity contribution in [3.63, 3.8) is 0 Å². The lowest BCUT2D eigenvalue weighted by molar-refractivity contribution is 0.0220. The van der Waals surface area contributed by atoms with Crippen LogP contribution in [0.4, 0.5) is 0 Å². The Morgan fingerprint density at radius 3 is 2.47 bits per heavy atom. The van der Waals surface area contributed by atoms with Crippen LogP contribution in [-0.2, 0) is 0 Å². The van der Waals surface area contributed by atoms with Crippen molar-refractivity contribution in [1.29, 1.82) is 0 Å². The molecule has 1 N–H and O–H groups in total. The fourth-order valence-electron chi connectivity index (χ4n) is 2.99. The normalized spacial score (nSPS) is 24.2. The number of pyridine rings is 1. The number of hydrogen-bond acceptors (Lipinski definition) is 3. The van der Waals surface area contributed by atoms with Gasteiger partial charge in [-0.1, -0.05) is 18.9 Å². The molecule has 1 heterocycles. The zero-order chi connectivity index (χ0) is 12.3. The van der Waals surface area contributed by atoms with Gasteiger partial charge in [-0.15, -0.1) is 24.8 Å². The molecule has 1 aliphatic rings. The lowest BCUT2D eigenvalue weighted by Gasteiger charge is -2.38. The lowest BCUT2D eigenvalue weighted by atomic mass is 9.79. The van der Waals surface area contributed by atoms with Crippen LogP contribution in [0.25, 0.3) is 0 Å². The van der Waals surface area contributed by atoms with E-state index < -0.39 is 0 Å². The average Bonchev–Trinajstić information content (AvgIpc) is 2.33. The van der Waals surface area contributed by atoms with Gasteiger partial charge in [0.25, 0.3) is 0 Å². The molecule has 110 valence electrons. The van der Waals surface area contributed by atoms with E-state index >= 15 is 0 Å². The van der Waals surface area contributed by atoms with E-state index in [4.69, 9.17) is 0 Å². The first kappa shape index (κ1) is 18.7. The minimum Gasteiger partial charge on any atom is -0.393 e. The maximum absolute atomic E-state index is 10.2. The summed E-state index contributed by atoms with van der Waals surface area (Å²) in [5.41, 5.74) is 1.21. The van der Waals surface area contributed by atoms with E-state index in [0.29, 0.717) is 5.92 Å². The third-order valence-corrected chi connectivity index (χ3v) is 3.77. The van der Waals surface area contributed by atoms with Crippen LogP contribution in [0.1, 0.15) is 37.3 Å². The topological polar surface area (TPSA) is 36.4 Å². The molecule has 0 bridgehead atoms. The van der Waals surface area contributed by atoms with Crippen LogP contribution < -0.4 is 0 Å². The quantitative estimate of drug-likeness (QED) is 0.932. The van der Waals surface area contributed by atoms with E-state index in [1.165, 1.54) is 12.0 Å². The fourth-order valence-corrected chi connectivity index (χ4v) is 2.99. The van der Waals surface area contributed by atoms with Crippen molar-refractivity contribution in [1.82, 2.24) is 9.88 Å². The summed E-state index contributed by atoms with van der Waals surface area (Å²) >= 11 is 0. The predicted octanol–water partition coefficient (Wildman–Crippen LogP) is 3.08. The summed E-state index contributed by atoms with van der Waals surface area (Å²) in [7, 11) is 4.16. The molecule has 0 radical (unpaired) electrons. The second-order valence-electron chi connectivity index (χ2n) is 5.21. The van der Waals surface area contributed by atoms with E-state index in [2.05, 4.69) is 30.0 Å². The van der Waals surface area contributed by atoms with Crippen molar-refractivity contribution in [2.75, 3.05) is 14.1 Å². The summed E-state index contributed by atoms with van der Waals surface area (Å²) in [5.74, 6) is 0.336. The SMILES string of the molecule is CN(C)C(c1cccnc1)C1CCCCC1O.Cl.Cl. The summed E-state index contributed by atoms with van der Waals surface area (Å²) in [5, 5.41) is 10.2. The van der Waals surface area contributed by atoms with Crippen molar-refractivity contribution < 1.29 is 5.11 Å². The predicted molar refractivity (Wildman–Crippen MR) is 83.1 cm³/mol. The van der Waals surface area contributed by atoms with Gasteiger partial charge >= 0.3 is 0 Å². The Hall–Kier alpha value is -0.350. The monoisotopic (exact) mass is 306 g/mol. The molecule has 1 aromatic heterocycles. The number of halogens is 2. The molecule has 1 aliphatic carbocycles. The highest BCUT2D eigenvalue weighted by atomic mass is 35.5. The van der Waals surface area contributed by atoms with E-state index in [9.17, 15) is 5.11 Å². The summed E-state index contributed by atoms with van der Waals surface area (Å²) in [4.78, 5) is 6.40. The van der Waals surface area contributed by atoms with Gasteiger partial charge in [-0.2, -0.15) is 0 Å². The second-order valence-corrected chi connectivity index (χ2v) is 5.21. The van der Waals surface area contributed by atoms with Crippen LogP contribution in [0.5, 0.6) is 0 Å². The Bertz CT molecular complexity index is 349. The van der Waals surface area contributed by atoms with E-state index in [0.717, 1.165) is 19.3 Å². The molecule has 0 spiro atoms. The third-order valence-electron chi connectivity index (χ3n) is 3.77. The van der Waals surface area contributed by atoms with E-state index in [-0.39, 0.29) is 37.0 Å². The van der Waals surface area contributed by atoms with Crippen LogP contribution in [0.2, 0.25) is 0 Å². The molecular formula is C14H24Cl2N2O. The Balaban J connectivity index is 0.00000162. The molecule has 3 unspecified atom stereocenters. The molecule has 3 atom stereocenters. The average molecular weight is 307 g/mol. The highest BCUT2D eigenvalue weighted by Gasteiger charge is 2.32. The number of aliphatic hydroxyl groups excluding tert-OH is 1. The maximum atomic E-state index is 10.2. The fraction of sp³-hybridized carbons (Fsp3) is 0.643. The Kier molecular flexibility index (Phi) is 8.59. The minimum atomic E-state index is -0.170. The Morgan fingerprint density at radius 1 is 1.26 bits per heavy atom.